The molecule has 28 heavy (non-hydrogen) atoms. The molecule has 0 fully saturated rings. The zero-order valence-corrected chi connectivity index (χ0v) is 17.2. The summed E-state index contributed by atoms with van der Waals surface area (Å²) in [4.78, 5) is 12.8. The van der Waals surface area contributed by atoms with Gasteiger partial charge in [-0.05, 0) is 60.5 Å². The summed E-state index contributed by atoms with van der Waals surface area (Å²) in [6.45, 7) is 5.39. The van der Waals surface area contributed by atoms with Gasteiger partial charge in [0.2, 0.25) is 0 Å². The topological polar surface area (TPSA) is 31.2 Å². The van der Waals surface area contributed by atoms with Crippen LogP contribution in [0.4, 0.5) is 13.2 Å². The molecule has 0 atom stereocenters. The molecule has 3 aromatic rings. The van der Waals surface area contributed by atoms with Crippen molar-refractivity contribution >= 4 is 32.8 Å². The minimum Gasteiger partial charge on any atom is -0.455 e. The number of hydrogen-bond acceptors (Lipinski definition) is 2. The first-order chi connectivity index (χ1) is 13.0. The van der Waals surface area contributed by atoms with Crippen molar-refractivity contribution in [3.8, 4) is 0 Å². The van der Waals surface area contributed by atoms with Gasteiger partial charge in [-0.15, -0.1) is 0 Å². The number of hydrogen-bond donors (Lipinski definition) is 0. The number of nitrogens with zero attached hydrogens (tertiary/aromatic N) is 1. The van der Waals surface area contributed by atoms with E-state index in [0.717, 1.165) is 23.0 Å². The second-order valence-electron chi connectivity index (χ2n) is 7.47. The third-order valence-electron chi connectivity index (χ3n) is 4.10. The van der Waals surface area contributed by atoms with Crippen LogP contribution in [0.25, 0.3) is 10.9 Å². The zero-order valence-electron chi connectivity index (χ0n) is 15.6. The minimum absolute atomic E-state index is 0.102. The standard InChI is InChI=1S/C21H19BrF3NO2/c1-20(2,3)28-19(27)18-17(22)15-9-4-5-10-16(15)26(18)12-13-7-6-8-14(11-13)21(23,24)25/h4-11H,12H2,1-3H3. The van der Waals surface area contributed by atoms with Gasteiger partial charge in [0.1, 0.15) is 11.3 Å². The van der Waals surface area contributed by atoms with E-state index in [4.69, 9.17) is 4.74 Å². The molecular weight excluding hydrogens is 435 g/mol. The molecule has 0 aliphatic heterocycles. The Balaban J connectivity index is 2.12. The second kappa shape index (κ2) is 7.28. The van der Waals surface area contributed by atoms with Crippen LogP contribution in [-0.2, 0) is 17.5 Å². The lowest BCUT2D eigenvalue weighted by Crippen LogP contribution is -2.26. The number of para-hydroxylation sites is 1. The number of ether oxygens (including phenoxy) is 1. The van der Waals surface area contributed by atoms with E-state index in [1.807, 2.05) is 24.3 Å². The molecule has 0 saturated carbocycles. The highest BCUT2D eigenvalue weighted by molar-refractivity contribution is 9.10. The van der Waals surface area contributed by atoms with Gasteiger partial charge >= 0.3 is 12.1 Å². The van der Waals surface area contributed by atoms with Gasteiger partial charge in [0.15, 0.2) is 0 Å². The zero-order chi connectivity index (χ0) is 20.7. The average molecular weight is 454 g/mol. The normalized spacial score (nSPS) is 12.4. The summed E-state index contributed by atoms with van der Waals surface area (Å²) in [5.74, 6) is -0.539. The largest absolute Gasteiger partial charge is 0.455 e. The third kappa shape index (κ3) is 4.24. The maximum Gasteiger partial charge on any atom is 0.416 e. The van der Waals surface area contributed by atoms with Crippen molar-refractivity contribution < 1.29 is 22.7 Å². The Kier molecular flexibility index (Phi) is 5.32. The maximum atomic E-state index is 13.1. The first-order valence-corrected chi connectivity index (χ1v) is 9.43. The van der Waals surface area contributed by atoms with E-state index in [-0.39, 0.29) is 12.2 Å². The lowest BCUT2D eigenvalue weighted by molar-refractivity contribution is -0.137. The maximum absolute atomic E-state index is 13.1. The van der Waals surface area contributed by atoms with Gasteiger partial charge < -0.3 is 9.30 Å². The molecule has 0 saturated heterocycles. The van der Waals surface area contributed by atoms with Crippen LogP contribution in [0.3, 0.4) is 0 Å². The average Bonchev–Trinajstić information content (AvgIpc) is 2.86. The number of rotatable bonds is 3. The van der Waals surface area contributed by atoms with Gasteiger partial charge in [0, 0.05) is 11.9 Å². The first-order valence-electron chi connectivity index (χ1n) is 8.63. The van der Waals surface area contributed by atoms with Crippen LogP contribution in [0.5, 0.6) is 0 Å². The van der Waals surface area contributed by atoms with Crippen molar-refractivity contribution in [3.63, 3.8) is 0 Å². The molecule has 0 bridgehead atoms. The Morgan fingerprint density at radius 2 is 1.75 bits per heavy atom. The summed E-state index contributed by atoms with van der Waals surface area (Å²) in [5.41, 5.74) is 0.0157. The molecule has 1 aromatic heterocycles. The highest BCUT2D eigenvalue weighted by Gasteiger charge is 2.31. The van der Waals surface area contributed by atoms with Crippen LogP contribution in [0.2, 0.25) is 0 Å². The van der Waals surface area contributed by atoms with E-state index >= 15 is 0 Å². The fraction of sp³-hybridized carbons (Fsp3) is 0.286. The Bertz CT molecular complexity index is 1030. The molecule has 148 valence electrons. The SMILES string of the molecule is CC(C)(C)OC(=O)c1c(Br)c2ccccc2n1Cc1cccc(C(F)(F)F)c1. The third-order valence-corrected chi connectivity index (χ3v) is 4.90. The van der Waals surface area contributed by atoms with Crippen LogP contribution in [0.1, 0.15) is 42.4 Å². The van der Waals surface area contributed by atoms with E-state index in [9.17, 15) is 18.0 Å². The molecular formula is C21H19BrF3NO2. The van der Waals surface area contributed by atoms with Crippen molar-refractivity contribution in [1.82, 2.24) is 4.57 Å². The predicted octanol–water partition coefficient (Wildman–Crippen LogP) is 6.43. The molecule has 0 aliphatic carbocycles. The highest BCUT2D eigenvalue weighted by atomic mass is 79.9. The van der Waals surface area contributed by atoms with Gasteiger partial charge in [0.25, 0.3) is 0 Å². The molecule has 0 N–H and O–H groups in total. The molecule has 3 rings (SSSR count). The van der Waals surface area contributed by atoms with Crippen LogP contribution in [0, 0.1) is 0 Å². The monoisotopic (exact) mass is 453 g/mol. The summed E-state index contributed by atoms with van der Waals surface area (Å²) in [6.07, 6.45) is -4.43. The summed E-state index contributed by atoms with van der Waals surface area (Å²) in [7, 11) is 0. The van der Waals surface area contributed by atoms with Crippen molar-refractivity contribution in [2.75, 3.05) is 0 Å². The lowest BCUT2D eigenvalue weighted by Gasteiger charge is -2.20. The molecule has 3 nitrogen and oxygen atoms in total. The molecule has 0 aliphatic rings. The van der Waals surface area contributed by atoms with Crippen molar-refractivity contribution in [1.29, 1.82) is 0 Å². The molecule has 0 radical (unpaired) electrons. The van der Waals surface area contributed by atoms with E-state index in [1.165, 1.54) is 6.07 Å². The first kappa shape index (κ1) is 20.5. The van der Waals surface area contributed by atoms with E-state index in [1.54, 1.807) is 31.4 Å². The smallest absolute Gasteiger partial charge is 0.416 e. The summed E-state index contributed by atoms with van der Waals surface area (Å²) in [5, 5.41) is 0.787. The number of aromatic nitrogens is 1. The Morgan fingerprint density at radius 1 is 1.07 bits per heavy atom. The molecule has 1 heterocycles. The highest BCUT2D eigenvalue weighted by Crippen LogP contribution is 2.34. The minimum atomic E-state index is -4.43. The molecule has 0 unspecified atom stereocenters. The van der Waals surface area contributed by atoms with E-state index in [2.05, 4.69) is 15.9 Å². The number of benzene rings is 2. The van der Waals surface area contributed by atoms with Crippen molar-refractivity contribution in [3.05, 3.63) is 69.8 Å². The van der Waals surface area contributed by atoms with E-state index < -0.39 is 23.3 Å². The quantitative estimate of drug-likeness (QED) is 0.428. The van der Waals surface area contributed by atoms with Crippen LogP contribution in [0.15, 0.2) is 53.0 Å². The predicted molar refractivity (Wildman–Crippen MR) is 105 cm³/mol. The van der Waals surface area contributed by atoms with Gasteiger partial charge in [-0.2, -0.15) is 13.2 Å². The summed E-state index contributed by atoms with van der Waals surface area (Å²) < 4.78 is 47.0. The number of fused-ring (bicyclic) bond motifs is 1. The number of carbonyl (C=O) groups excluding carboxylic acids is 1. The van der Waals surface area contributed by atoms with Gasteiger partial charge in [-0.25, -0.2) is 4.79 Å². The molecule has 0 amide bonds. The van der Waals surface area contributed by atoms with Gasteiger partial charge in [-0.3, -0.25) is 0 Å². The van der Waals surface area contributed by atoms with Crippen molar-refractivity contribution in [2.45, 2.75) is 39.1 Å². The molecule has 7 heteroatoms. The number of halogens is 4. The molecule has 0 spiro atoms. The Morgan fingerprint density at radius 3 is 2.39 bits per heavy atom. The number of esters is 1. The van der Waals surface area contributed by atoms with Gasteiger partial charge in [-0.1, -0.05) is 30.3 Å². The second-order valence-corrected chi connectivity index (χ2v) is 8.26. The fourth-order valence-electron chi connectivity index (χ4n) is 2.98. The summed E-state index contributed by atoms with van der Waals surface area (Å²) in [6, 6.07) is 12.4. The molecule has 2 aromatic carbocycles. The van der Waals surface area contributed by atoms with E-state index in [0.29, 0.717) is 10.0 Å². The Labute approximate surface area is 169 Å². The Hall–Kier alpha value is -2.28. The van der Waals surface area contributed by atoms with Gasteiger partial charge in [0.05, 0.1) is 15.6 Å². The number of carbonyl (C=O) groups is 1. The fourth-order valence-corrected chi connectivity index (χ4v) is 3.69. The van der Waals surface area contributed by atoms with Crippen LogP contribution in [-0.4, -0.2) is 16.1 Å². The summed E-state index contributed by atoms with van der Waals surface area (Å²) >= 11 is 3.47. The van der Waals surface area contributed by atoms with Crippen LogP contribution >= 0.6 is 15.9 Å². The number of alkyl halides is 3. The van der Waals surface area contributed by atoms with Crippen LogP contribution < -0.4 is 0 Å². The van der Waals surface area contributed by atoms with Crippen molar-refractivity contribution in [2.24, 2.45) is 0 Å². The lowest BCUT2D eigenvalue weighted by atomic mass is 10.1.